The SMILES string of the molecule is COCC1CN(c2c(F)c(N)c3c(=O)c(C(=O)O)cn(C4CC4)c3c2F)CCN1. The maximum atomic E-state index is 15.7. The molecule has 1 atom stereocenters. The number of hydrogen-bond donors (Lipinski definition) is 3. The third-order valence-electron chi connectivity index (χ3n) is 5.47. The second-order valence-corrected chi connectivity index (χ2v) is 7.48. The number of aromatic carboxylic acids is 1. The molecule has 0 bridgehead atoms. The van der Waals surface area contributed by atoms with Gasteiger partial charge in [-0.1, -0.05) is 0 Å². The van der Waals surface area contributed by atoms with Gasteiger partial charge in [-0.15, -0.1) is 0 Å². The molecule has 10 heteroatoms. The van der Waals surface area contributed by atoms with E-state index in [1.807, 2.05) is 0 Å². The first-order valence-electron chi connectivity index (χ1n) is 9.41. The summed E-state index contributed by atoms with van der Waals surface area (Å²) in [6.45, 7) is 1.52. The average Bonchev–Trinajstić information content (AvgIpc) is 3.51. The fourth-order valence-electron chi connectivity index (χ4n) is 3.96. The van der Waals surface area contributed by atoms with Gasteiger partial charge in [0, 0.05) is 45.0 Å². The van der Waals surface area contributed by atoms with Crippen LogP contribution in [-0.4, -0.2) is 55.0 Å². The fraction of sp³-hybridized carbons (Fsp3) is 0.474. The molecule has 29 heavy (non-hydrogen) atoms. The van der Waals surface area contributed by atoms with Crippen molar-refractivity contribution >= 4 is 28.2 Å². The first-order valence-corrected chi connectivity index (χ1v) is 9.41. The molecule has 0 radical (unpaired) electrons. The Morgan fingerprint density at radius 2 is 2.10 bits per heavy atom. The Kier molecular flexibility index (Phi) is 4.91. The van der Waals surface area contributed by atoms with Gasteiger partial charge in [0.2, 0.25) is 5.43 Å². The van der Waals surface area contributed by atoms with Crippen LogP contribution in [0.15, 0.2) is 11.0 Å². The van der Waals surface area contributed by atoms with Gasteiger partial charge >= 0.3 is 5.97 Å². The third kappa shape index (κ3) is 3.22. The molecule has 4 N–H and O–H groups in total. The van der Waals surface area contributed by atoms with E-state index in [1.54, 1.807) is 12.0 Å². The summed E-state index contributed by atoms with van der Waals surface area (Å²) in [5, 5.41) is 12.1. The fourth-order valence-corrected chi connectivity index (χ4v) is 3.96. The highest BCUT2D eigenvalue weighted by molar-refractivity contribution is 5.99. The highest BCUT2D eigenvalue weighted by Gasteiger charge is 2.33. The number of rotatable bonds is 5. The molecule has 0 amide bonds. The molecule has 0 spiro atoms. The van der Waals surface area contributed by atoms with Gasteiger partial charge in [-0.25, -0.2) is 13.6 Å². The minimum atomic E-state index is -1.46. The number of fused-ring (bicyclic) bond motifs is 1. The lowest BCUT2D eigenvalue weighted by Crippen LogP contribution is -2.53. The Labute approximate surface area is 164 Å². The van der Waals surface area contributed by atoms with Crippen LogP contribution < -0.4 is 21.4 Å². The normalized spacial score (nSPS) is 19.7. The highest BCUT2D eigenvalue weighted by atomic mass is 19.1. The number of ether oxygens (including phenoxy) is 1. The van der Waals surface area contributed by atoms with Crippen LogP contribution >= 0.6 is 0 Å². The van der Waals surface area contributed by atoms with Gasteiger partial charge < -0.3 is 30.4 Å². The smallest absolute Gasteiger partial charge is 0.341 e. The van der Waals surface area contributed by atoms with E-state index >= 15 is 8.78 Å². The number of carboxylic acid groups (broad SMARTS) is 1. The Bertz CT molecular complexity index is 1050. The van der Waals surface area contributed by atoms with Crippen molar-refractivity contribution in [3.63, 3.8) is 0 Å². The van der Waals surface area contributed by atoms with E-state index in [9.17, 15) is 14.7 Å². The number of carbonyl (C=O) groups is 1. The molecule has 8 nitrogen and oxygen atoms in total. The van der Waals surface area contributed by atoms with Crippen molar-refractivity contribution < 1.29 is 23.4 Å². The Morgan fingerprint density at radius 3 is 2.72 bits per heavy atom. The van der Waals surface area contributed by atoms with Crippen molar-refractivity contribution in [2.45, 2.75) is 24.9 Å². The van der Waals surface area contributed by atoms with E-state index in [1.165, 1.54) is 4.57 Å². The van der Waals surface area contributed by atoms with Crippen LogP contribution in [0.25, 0.3) is 10.9 Å². The second kappa shape index (κ2) is 7.27. The quantitative estimate of drug-likeness (QED) is 0.640. The number of nitrogens with zero attached hydrogens (tertiary/aromatic N) is 2. The van der Waals surface area contributed by atoms with Crippen molar-refractivity contribution in [1.29, 1.82) is 0 Å². The number of pyridine rings is 1. The number of piperazine rings is 1. The molecular formula is C19H22F2N4O4. The van der Waals surface area contributed by atoms with Gasteiger partial charge in [0.25, 0.3) is 0 Å². The number of nitrogen functional groups attached to an aromatic ring is 1. The van der Waals surface area contributed by atoms with Gasteiger partial charge in [0.05, 0.1) is 23.2 Å². The molecule has 156 valence electrons. The molecule has 4 rings (SSSR count). The lowest BCUT2D eigenvalue weighted by Gasteiger charge is -2.35. The zero-order valence-electron chi connectivity index (χ0n) is 15.9. The van der Waals surface area contributed by atoms with Crippen LogP contribution in [0.1, 0.15) is 29.2 Å². The van der Waals surface area contributed by atoms with Gasteiger partial charge in [-0.2, -0.15) is 0 Å². The van der Waals surface area contributed by atoms with Crippen LogP contribution in [0.5, 0.6) is 0 Å². The van der Waals surface area contributed by atoms with Crippen molar-refractivity contribution in [2.24, 2.45) is 0 Å². The lowest BCUT2D eigenvalue weighted by atomic mass is 10.1. The monoisotopic (exact) mass is 408 g/mol. The number of anilines is 2. The predicted octanol–water partition coefficient (Wildman–Crippen LogP) is 1.32. The van der Waals surface area contributed by atoms with E-state index in [4.69, 9.17) is 10.5 Å². The molecule has 2 aromatic rings. The first kappa shape index (κ1) is 19.6. The Balaban J connectivity index is 1.97. The minimum absolute atomic E-state index is 0.121. The van der Waals surface area contributed by atoms with Gasteiger partial charge in [0.1, 0.15) is 11.3 Å². The molecule has 1 aromatic carbocycles. The molecule has 1 saturated heterocycles. The number of benzene rings is 1. The number of aromatic nitrogens is 1. The summed E-state index contributed by atoms with van der Waals surface area (Å²) in [5.41, 5.74) is 3.43. The number of nitrogens with two attached hydrogens (primary N) is 1. The summed E-state index contributed by atoms with van der Waals surface area (Å²) in [7, 11) is 1.55. The minimum Gasteiger partial charge on any atom is -0.477 e. The van der Waals surface area contributed by atoms with Crippen LogP contribution in [0.2, 0.25) is 0 Å². The molecule has 1 aromatic heterocycles. The maximum absolute atomic E-state index is 15.7. The summed E-state index contributed by atoms with van der Waals surface area (Å²) in [5.74, 6) is -3.40. The van der Waals surface area contributed by atoms with Crippen LogP contribution in [-0.2, 0) is 4.74 Å². The molecule has 2 heterocycles. The van der Waals surface area contributed by atoms with Crippen molar-refractivity contribution in [3.8, 4) is 0 Å². The maximum Gasteiger partial charge on any atom is 0.341 e. The summed E-state index contributed by atoms with van der Waals surface area (Å²) < 4.78 is 37.4. The van der Waals surface area contributed by atoms with Crippen LogP contribution in [0, 0.1) is 11.6 Å². The molecule has 2 fully saturated rings. The van der Waals surface area contributed by atoms with Crippen LogP contribution in [0.3, 0.4) is 0 Å². The summed E-state index contributed by atoms with van der Waals surface area (Å²) >= 11 is 0. The zero-order valence-corrected chi connectivity index (χ0v) is 15.9. The second-order valence-electron chi connectivity index (χ2n) is 7.48. The zero-order chi connectivity index (χ0) is 20.9. The number of methoxy groups -OCH3 is 1. The van der Waals surface area contributed by atoms with E-state index in [0.29, 0.717) is 39.1 Å². The first-order chi connectivity index (χ1) is 13.8. The molecule has 1 aliphatic carbocycles. The number of hydrogen-bond acceptors (Lipinski definition) is 6. The summed E-state index contributed by atoms with van der Waals surface area (Å²) in [4.78, 5) is 25.7. The molecular weight excluding hydrogens is 386 g/mol. The largest absolute Gasteiger partial charge is 0.477 e. The van der Waals surface area contributed by atoms with E-state index in [2.05, 4.69) is 5.32 Å². The highest BCUT2D eigenvalue weighted by Crippen LogP contribution is 2.41. The molecule has 1 saturated carbocycles. The molecule has 2 aliphatic rings. The van der Waals surface area contributed by atoms with Crippen molar-refractivity contribution in [3.05, 3.63) is 33.6 Å². The molecule has 1 aliphatic heterocycles. The molecule has 1 unspecified atom stereocenters. The summed E-state index contributed by atoms with van der Waals surface area (Å²) in [6.07, 6.45) is 2.57. The topological polar surface area (TPSA) is 110 Å². The third-order valence-corrected chi connectivity index (χ3v) is 5.47. The Hall–Kier alpha value is -2.72. The average molecular weight is 408 g/mol. The predicted molar refractivity (Wildman–Crippen MR) is 104 cm³/mol. The van der Waals surface area contributed by atoms with Gasteiger partial charge in [-0.05, 0) is 12.8 Å². The standard InChI is InChI=1S/C19H22F2N4O4/c1-29-8-9-6-24(5-4-23-9)17-13(20)15(22)12-16(14(17)21)25(10-2-3-10)7-11(18(12)26)19(27)28/h7,9-10,23H,2-6,8,22H2,1H3,(H,27,28). The Morgan fingerprint density at radius 1 is 1.38 bits per heavy atom. The van der Waals surface area contributed by atoms with E-state index in [0.717, 1.165) is 6.20 Å². The number of carboxylic acids is 1. The lowest BCUT2D eigenvalue weighted by molar-refractivity contribution is 0.0695. The van der Waals surface area contributed by atoms with Crippen molar-refractivity contribution in [1.82, 2.24) is 9.88 Å². The van der Waals surface area contributed by atoms with Crippen LogP contribution in [0.4, 0.5) is 20.2 Å². The van der Waals surface area contributed by atoms with Gasteiger partial charge in [-0.3, -0.25) is 4.79 Å². The number of halogens is 2. The van der Waals surface area contributed by atoms with Crippen molar-refractivity contribution in [2.75, 3.05) is 44.0 Å². The van der Waals surface area contributed by atoms with E-state index in [-0.39, 0.29) is 23.3 Å². The summed E-state index contributed by atoms with van der Waals surface area (Å²) in [6, 6.07) is -0.267. The van der Waals surface area contributed by atoms with E-state index < -0.39 is 39.7 Å². The van der Waals surface area contributed by atoms with Gasteiger partial charge in [0.15, 0.2) is 11.6 Å². The number of nitrogens with one attached hydrogen (secondary N) is 1.